The highest BCUT2D eigenvalue weighted by atomic mass is 16.3. The minimum absolute atomic E-state index is 0.392. The van der Waals surface area contributed by atoms with Crippen LogP contribution in [0.5, 0.6) is 0 Å². The van der Waals surface area contributed by atoms with Gasteiger partial charge in [0.2, 0.25) is 0 Å². The topological polar surface area (TPSA) is 67.3 Å². The third-order valence-electron chi connectivity index (χ3n) is 4.33. The van der Waals surface area contributed by atoms with E-state index in [0.717, 1.165) is 13.1 Å². The fraction of sp³-hybridized carbons (Fsp3) is 0.812. The van der Waals surface area contributed by atoms with Crippen LogP contribution in [0.3, 0.4) is 0 Å². The second-order valence-corrected chi connectivity index (χ2v) is 6.77. The predicted molar refractivity (Wildman–Crippen MR) is 85.9 cm³/mol. The summed E-state index contributed by atoms with van der Waals surface area (Å²) in [5.74, 6) is 0.706. The van der Waals surface area contributed by atoms with Gasteiger partial charge in [-0.2, -0.15) is 5.10 Å². The SMILES string of the molecule is CC(C)CCN(CC(O)Cn1cc(N)cn1)C1CCCC1. The maximum absolute atomic E-state index is 10.4. The lowest BCUT2D eigenvalue weighted by Gasteiger charge is -2.31. The van der Waals surface area contributed by atoms with Crippen LogP contribution in [0.15, 0.2) is 12.4 Å². The highest BCUT2D eigenvalue weighted by Crippen LogP contribution is 2.24. The van der Waals surface area contributed by atoms with Crippen LogP contribution < -0.4 is 5.73 Å². The monoisotopic (exact) mass is 294 g/mol. The average molecular weight is 294 g/mol. The lowest BCUT2D eigenvalue weighted by molar-refractivity contribution is 0.0710. The summed E-state index contributed by atoms with van der Waals surface area (Å²) < 4.78 is 1.73. The first-order chi connectivity index (χ1) is 10.0. The number of aliphatic hydroxyl groups excluding tert-OH is 1. The van der Waals surface area contributed by atoms with Gasteiger partial charge in [0.25, 0.3) is 0 Å². The van der Waals surface area contributed by atoms with E-state index in [0.29, 0.717) is 24.2 Å². The van der Waals surface area contributed by atoms with E-state index in [-0.39, 0.29) is 0 Å². The Morgan fingerprint density at radius 3 is 2.71 bits per heavy atom. The van der Waals surface area contributed by atoms with Gasteiger partial charge in [-0.05, 0) is 31.7 Å². The molecule has 1 aromatic rings. The maximum atomic E-state index is 10.4. The standard InChI is InChI=1S/C16H30N4O/c1-13(2)7-8-19(15-5-3-4-6-15)11-16(21)12-20-10-14(17)9-18-20/h9-10,13,15-16,21H,3-8,11-12,17H2,1-2H3. The number of anilines is 1. The summed E-state index contributed by atoms with van der Waals surface area (Å²) in [7, 11) is 0. The Morgan fingerprint density at radius 1 is 1.43 bits per heavy atom. The number of hydrogen-bond donors (Lipinski definition) is 2. The van der Waals surface area contributed by atoms with Crippen LogP contribution in [-0.4, -0.2) is 45.0 Å². The number of aromatic nitrogens is 2. The minimum atomic E-state index is -0.392. The van der Waals surface area contributed by atoms with Crippen molar-refractivity contribution < 1.29 is 5.11 Å². The van der Waals surface area contributed by atoms with E-state index in [1.807, 2.05) is 0 Å². The summed E-state index contributed by atoms with van der Waals surface area (Å²) in [5.41, 5.74) is 6.31. The fourth-order valence-corrected chi connectivity index (χ4v) is 3.14. The molecule has 1 aliphatic carbocycles. The van der Waals surface area contributed by atoms with Gasteiger partial charge in [0.15, 0.2) is 0 Å². The van der Waals surface area contributed by atoms with Crippen molar-refractivity contribution in [3.8, 4) is 0 Å². The molecule has 0 aliphatic heterocycles. The molecule has 1 aliphatic rings. The van der Waals surface area contributed by atoms with Crippen LogP contribution in [0.4, 0.5) is 5.69 Å². The van der Waals surface area contributed by atoms with Crippen molar-refractivity contribution in [3.05, 3.63) is 12.4 Å². The van der Waals surface area contributed by atoms with E-state index >= 15 is 0 Å². The summed E-state index contributed by atoms with van der Waals surface area (Å²) in [6.45, 7) is 6.85. The number of nitrogens with zero attached hydrogens (tertiary/aromatic N) is 3. The Morgan fingerprint density at radius 2 is 2.14 bits per heavy atom. The first kappa shape index (κ1) is 16.3. The summed E-state index contributed by atoms with van der Waals surface area (Å²) >= 11 is 0. The van der Waals surface area contributed by atoms with Crippen molar-refractivity contribution in [1.29, 1.82) is 0 Å². The Bertz CT molecular complexity index is 412. The van der Waals surface area contributed by atoms with Crippen molar-refractivity contribution in [2.24, 2.45) is 5.92 Å². The zero-order valence-corrected chi connectivity index (χ0v) is 13.4. The van der Waals surface area contributed by atoms with Gasteiger partial charge in [-0.25, -0.2) is 0 Å². The van der Waals surface area contributed by atoms with Crippen LogP contribution in [-0.2, 0) is 6.54 Å². The third-order valence-corrected chi connectivity index (χ3v) is 4.33. The summed E-state index contributed by atoms with van der Waals surface area (Å²) in [6.07, 6.45) is 9.41. The molecule has 5 heteroatoms. The van der Waals surface area contributed by atoms with Gasteiger partial charge in [0, 0.05) is 18.8 Å². The molecule has 2 rings (SSSR count). The molecule has 21 heavy (non-hydrogen) atoms. The number of aliphatic hydroxyl groups is 1. The molecule has 0 radical (unpaired) electrons. The zero-order chi connectivity index (χ0) is 15.2. The minimum Gasteiger partial charge on any atom is -0.396 e. The van der Waals surface area contributed by atoms with Crippen LogP contribution >= 0.6 is 0 Å². The molecule has 1 aromatic heterocycles. The molecule has 0 aromatic carbocycles. The van der Waals surface area contributed by atoms with Crippen LogP contribution in [0.2, 0.25) is 0 Å². The van der Waals surface area contributed by atoms with Gasteiger partial charge < -0.3 is 10.8 Å². The van der Waals surface area contributed by atoms with Crippen LogP contribution in [0.1, 0.15) is 46.0 Å². The van der Waals surface area contributed by atoms with Crippen LogP contribution in [0, 0.1) is 5.92 Å². The smallest absolute Gasteiger partial charge is 0.0862 e. The first-order valence-electron chi connectivity index (χ1n) is 8.24. The fourth-order valence-electron chi connectivity index (χ4n) is 3.14. The second kappa shape index (κ2) is 7.80. The molecular formula is C16H30N4O. The van der Waals surface area contributed by atoms with E-state index in [1.54, 1.807) is 17.1 Å². The average Bonchev–Trinajstić information content (AvgIpc) is 3.06. The van der Waals surface area contributed by atoms with Crippen LogP contribution in [0.25, 0.3) is 0 Å². The first-order valence-corrected chi connectivity index (χ1v) is 8.24. The number of hydrogen-bond acceptors (Lipinski definition) is 4. The van der Waals surface area contributed by atoms with Crippen molar-refractivity contribution in [3.63, 3.8) is 0 Å². The number of rotatable bonds is 8. The molecule has 3 N–H and O–H groups in total. The summed E-state index contributed by atoms with van der Waals surface area (Å²) in [6, 6.07) is 0.654. The second-order valence-electron chi connectivity index (χ2n) is 6.77. The molecular weight excluding hydrogens is 264 g/mol. The molecule has 1 fully saturated rings. The van der Waals surface area contributed by atoms with Gasteiger partial charge in [-0.3, -0.25) is 9.58 Å². The van der Waals surface area contributed by atoms with E-state index in [2.05, 4.69) is 23.8 Å². The lowest BCUT2D eigenvalue weighted by Crippen LogP contribution is -2.41. The summed E-state index contributed by atoms with van der Waals surface area (Å²) in [4.78, 5) is 2.49. The zero-order valence-electron chi connectivity index (χ0n) is 13.4. The molecule has 0 bridgehead atoms. The molecule has 1 atom stereocenters. The normalized spacial score (nSPS) is 18.0. The van der Waals surface area contributed by atoms with E-state index in [1.165, 1.54) is 32.1 Å². The van der Waals surface area contributed by atoms with E-state index < -0.39 is 6.10 Å². The van der Waals surface area contributed by atoms with E-state index in [9.17, 15) is 5.11 Å². The third kappa shape index (κ3) is 5.32. The largest absolute Gasteiger partial charge is 0.396 e. The van der Waals surface area contributed by atoms with Gasteiger partial charge in [0.1, 0.15) is 0 Å². The highest BCUT2D eigenvalue weighted by Gasteiger charge is 2.24. The van der Waals surface area contributed by atoms with E-state index in [4.69, 9.17) is 5.73 Å². The molecule has 5 nitrogen and oxygen atoms in total. The quantitative estimate of drug-likeness (QED) is 0.770. The highest BCUT2D eigenvalue weighted by molar-refractivity contribution is 5.30. The van der Waals surface area contributed by atoms with Crippen molar-refractivity contribution in [1.82, 2.24) is 14.7 Å². The Kier molecular flexibility index (Phi) is 6.06. The Labute approximate surface area is 128 Å². The van der Waals surface area contributed by atoms with Crippen molar-refractivity contribution in [2.45, 2.75) is 64.6 Å². The molecule has 1 saturated carbocycles. The Hall–Kier alpha value is -1.07. The Balaban J connectivity index is 1.86. The number of nitrogens with two attached hydrogens (primary N) is 1. The lowest BCUT2D eigenvalue weighted by atomic mass is 10.1. The molecule has 120 valence electrons. The molecule has 0 saturated heterocycles. The summed E-state index contributed by atoms with van der Waals surface area (Å²) in [5, 5.41) is 14.5. The van der Waals surface area contributed by atoms with Gasteiger partial charge in [0.05, 0.1) is 24.5 Å². The van der Waals surface area contributed by atoms with Crippen molar-refractivity contribution >= 4 is 5.69 Å². The van der Waals surface area contributed by atoms with Crippen molar-refractivity contribution in [2.75, 3.05) is 18.8 Å². The molecule has 1 heterocycles. The maximum Gasteiger partial charge on any atom is 0.0862 e. The van der Waals surface area contributed by atoms with Gasteiger partial charge in [-0.15, -0.1) is 0 Å². The van der Waals surface area contributed by atoms with Gasteiger partial charge >= 0.3 is 0 Å². The predicted octanol–water partition coefficient (Wildman–Crippen LogP) is 2.12. The molecule has 1 unspecified atom stereocenters. The molecule has 0 spiro atoms. The molecule has 0 amide bonds. The number of nitrogen functional groups attached to an aromatic ring is 1. The van der Waals surface area contributed by atoms with Gasteiger partial charge in [-0.1, -0.05) is 26.7 Å².